The standard InChI is InChI=1S/C8H15NO/c1-7-6-8(3-5-10)2-4-9-7/h3,7,9-10H,2,4-6H2,1H3/b8-3-. The lowest BCUT2D eigenvalue weighted by Crippen LogP contribution is -2.32. The average molecular weight is 141 g/mol. The van der Waals surface area contributed by atoms with Crippen LogP contribution in [0.1, 0.15) is 19.8 Å². The molecule has 0 aliphatic carbocycles. The van der Waals surface area contributed by atoms with Gasteiger partial charge in [-0.25, -0.2) is 0 Å². The number of rotatable bonds is 1. The first-order chi connectivity index (χ1) is 4.83. The van der Waals surface area contributed by atoms with E-state index >= 15 is 0 Å². The molecule has 0 radical (unpaired) electrons. The summed E-state index contributed by atoms with van der Waals surface area (Å²) in [6.07, 6.45) is 4.13. The first-order valence-electron chi connectivity index (χ1n) is 3.85. The SMILES string of the molecule is CC1C/C(=C\CO)CCN1. The van der Waals surface area contributed by atoms with Gasteiger partial charge in [0.1, 0.15) is 0 Å². The Morgan fingerprint density at radius 3 is 3.20 bits per heavy atom. The highest BCUT2D eigenvalue weighted by Gasteiger charge is 2.10. The summed E-state index contributed by atoms with van der Waals surface area (Å²) in [5.74, 6) is 0. The Morgan fingerprint density at radius 2 is 2.60 bits per heavy atom. The second-order valence-electron chi connectivity index (χ2n) is 2.85. The van der Waals surface area contributed by atoms with Crippen LogP contribution in [-0.2, 0) is 0 Å². The van der Waals surface area contributed by atoms with Crippen LogP contribution in [0.3, 0.4) is 0 Å². The molecule has 0 aromatic carbocycles. The predicted octanol–water partition coefficient (Wildman–Crippen LogP) is 0.677. The fourth-order valence-corrected chi connectivity index (χ4v) is 1.36. The summed E-state index contributed by atoms with van der Waals surface area (Å²) in [5, 5.41) is 12.0. The summed E-state index contributed by atoms with van der Waals surface area (Å²) in [5.41, 5.74) is 1.40. The van der Waals surface area contributed by atoms with Crippen LogP contribution in [0.5, 0.6) is 0 Å². The van der Waals surface area contributed by atoms with Gasteiger partial charge in [0.2, 0.25) is 0 Å². The van der Waals surface area contributed by atoms with Crippen molar-refractivity contribution in [2.75, 3.05) is 13.2 Å². The molecule has 0 saturated carbocycles. The molecule has 0 aromatic rings. The molecule has 1 rings (SSSR count). The van der Waals surface area contributed by atoms with Crippen molar-refractivity contribution in [3.63, 3.8) is 0 Å². The van der Waals surface area contributed by atoms with Crippen molar-refractivity contribution < 1.29 is 5.11 Å². The van der Waals surface area contributed by atoms with E-state index in [4.69, 9.17) is 5.11 Å². The van der Waals surface area contributed by atoms with Crippen molar-refractivity contribution in [1.29, 1.82) is 0 Å². The van der Waals surface area contributed by atoms with Gasteiger partial charge in [0.05, 0.1) is 6.61 Å². The fraction of sp³-hybridized carbons (Fsp3) is 0.750. The van der Waals surface area contributed by atoms with Crippen LogP contribution in [0.2, 0.25) is 0 Å². The largest absolute Gasteiger partial charge is 0.392 e. The van der Waals surface area contributed by atoms with E-state index < -0.39 is 0 Å². The molecule has 2 N–H and O–H groups in total. The minimum absolute atomic E-state index is 0.196. The van der Waals surface area contributed by atoms with Crippen LogP contribution < -0.4 is 5.32 Å². The molecule has 0 aromatic heterocycles. The molecule has 1 aliphatic rings. The zero-order valence-electron chi connectivity index (χ0n) is 6.43. The summed E-state index contributed by atoms with van der Waals surface area (Å²) in [7, 11) is 0. The zero-order chi connectivity index (χ0) is 7.40. The van der Waals surface area contributed by atoms with Gasteiger partial charge in [0.15, 0.2) is 0 Å². The highest BCUT2D eigenvalue weighted by molar-refractivity contribution is 5.07. The summed E-state index contributed by atoms with van der Waals surface area (Å²) in [4.78, 5) is 0. The molecule has 1 heterocycles. The third-order valence-electron chi connectivity index (χ3n) is 1.89. The minimum atomic E-state index is 0.196. The second-order valence-corrected chi connectivity index (χ2v) is 2.85. The van der Waals surface area contributed by atoms with Gasteiger partial charge in [-0.15, -0.1) is 0 Å². The lowest BCUT2D eigenvalue weighted by Gasteiger charge is -2.22. The van der Waals surface area contributed by atoms with Crippen LogP contribution in [0.25, 0.3) is 0 Å². The van der Waals surface area contributed by atoms with Gasteiger partial charge in [0, 0.05) is 6.04 Å². The Labute approximate surface area is 61.9 Å². The average Bonchev–Trinajstić information content (AvgIpc) is 1.88. The molecule has 0 amide bonds. The Bertz CT molecular complexity index is 131. The first-order valence-corrected chi connectivity index (χ1v) is 3.85. The molecule has 1 saturated heterocycles. The fourth-order valence-electron chi connectivity index (χ4n) is 1.36. The van der Waals surface area contributed by atoms with E-state index in [0.717, 1.165) is 19.4 Å². The van der Waals surface area contributed by atoms with Gasteiger partial charge in [-0.2, -0.15) is 0 Å². The topological polar surface area (TPSA) is 32.3 Å². The number of aliphatic hydroxyl groups is 1. The van der Waals surface area contributed by atoms with Crippen LogP contribution in [0.15, 0.2) is 11.6 Å². The van der Waals surface area contributed by atoms with Gasteiger partial charge in [0.25, 0.3) is 0 Å². The van der Waals surface area contributed by atoms with Crippen molar-refractivity contribution in [2.24, 2.45) is 0 Å². The molecule has 58 valence electrons. The molecular formula is C8H15NO. The third kappa shape index (κ3) is 2.12. The van der Waals surface area contributed by atoms with Crippen LogP contribution >= 0.6 is 0 Å². The van der Waals surface area contributed by atoms with Crippen LogP contribution in [0, 0.1) is 0 Å². The van der Waals surface area contributed by atoms with E-state index in [9.17, 15) is 0 Å². The normalized spacial score (nSPS) is 31.0. The van der Waals surface area contributed by atoms with Gasteiger partial charge in [-0.05, 0) is 26.3 Å². The van der Waals surface area contributed by atoms with Crippen molar-refractivity contribution in [3.05, 3.63) is 11.6 Å². The molecule has 1 fully saturated rings. The van der Waals surface area contributed by atoms with Crippen LogP contribution in [-0.4, -0.2) is 24.3 Å². The second kappa shape index (κ2) is 3.74. The summed E-state index contributed by atoms with van der Waals surface area (Å²) >= 11 is 0. The Hall–Kier alpha value is -0.340. The third-order valence-corrected chi connectivity index (χ3v) is 1.89. The van der Waals surface area contributed by atoms with E-state index in [2.05, 4.69) is 12.2 Å². The van der Waals surface area contributed by atoms with E-state index in [1.165, 1.54) is 5.57 Å². The molecule has 10 heavy (non-hydrogen) atoms. The molecule has 0 spiro atoms. The van der Waals surface area contributed by atoms with E-state index in [1.54, 1.807) is 0 Å². The smallest absolute Gasteiger partial charge is 0.0615 e. The summed E-state index contributed by atoms with van der Waals surface area (Å²) in [6, 6.07) is 0.589. The number of hydrogen-bond acceptors (Lipinski definition) is 2. The molecule has 1 atom stereocenters. The van der Waals surface area contributed by atoms with E-state index in [0.29, 0.717) is 6.04 Å². The minimum Gasteiger partial charge on any atom is -0.392 e. The zero-order valence-corrected chi connectivity index (χ0v) is 6.43. The van der Waals surface area contributed by atoms with Gasteiger partial charge in [-0.3, -0.25) is 0 Å². The molecule has 1 unspecified atom stereocenters. The molecule has 2 heteroatoms. The predicted molar refractivity (Wildman–Crippen MR) is 41.9 cm³/mol. The van der Waals surface area contributed by atoms with Crippen molar-refractivity contribution >= 4 is 0 Å². The Kier molecular flexibility index (Phi) is 2.90. The summed E-state index contributed by atoms with van der Waals surface area (Å²) in [6.45, 7) is 3.43. The first kappa shape index (κ1) is 7.76. The summed E-state index contributed by atoms with van der Waals surface area (Å²) < 4.78 is 0. The van der Waals surface area contributed by atoms with E-state index in [1.807, 2.05) is 6.08 Å². The maximum absolute atomic E-state index is 8.61. The van der Waals surface area contributed by atoms with Gasteiger partial charge < -0.3 is 10.4 Å². The molecule has 1 aliphatic heterocycles. The van der Waals surface area contributed by atoms with Crippen molar-refractivity contribution in [3.8, 4) is 0 Å². The number of piperidine rings is 1. The number of aliphatic hydroxyl groups excluding tert-OH is 1. The lowest BCUT2D eigenvalue weighted by atomic mass is 10.00. The van der Waals surface area contributed by atoms with Crippen molar-refractivity contribution in [1.82, 2.24) is 5.32 Å². The highest BCUT2D eigenvalue weighted by atomic mass is 16.2. The molecule has 0 bridgehead atoms. The maximum atomic E-state index is 8.61. The monoisotopic (exact) mass is 141 g/mol. The Morgan fingerprint density at radius 1 is 1.80 bits per heavy atom. The maximum Gasteiger partial charge on any atom is 0.0615 e. The van der Waals surface area contributed by atoms with Gasteiger partial charge in [-0.1, -0.05) is 11.6 Å². The number of hydrogen-bond donors (Lipinski definition) is 2. The van der Waals surface area contributed by atoms with E-state index in [-0.39, 0.29) is 6.61 Å². The van der Waals surface area contributed by atoms with Gasteiger partial charge >= 0.3 is 0 Å². The Balaban J connectivity index is 2.39. The number of nitrogens with one attached hydrogen (secondary N) is 1. The van der Waals surface area contributed by atoms with Crippen molar-refractivity contribution in [2.45, 2.75) is 25.8 Å². The lowest BCUT2D eigenvalue weighted by molar-refractivity contribution is 0.339. The molecule has 2 nitrogen and oxygen atoms in total. The quantitative estimate of drug-likeness (QED) is 0.526. The highest BCUT2D eigenvalue weighted by Crippen LogP contribution is 2.13. The van der Waals surface area contributed by atoms with Crippen LogP contribution in [0.4, 0.5) is 0 Å². The molecular weight excluding hydrogens is 126 g/mol.